The highest BCUT2D eigenvalue weighted by Crippen LogP contribution is 2.16. The first-order chi connectivity index (χ1) is 6.59. The smallest absolute Gasteiger partial charge is 0.307 e. The second kappa shape index (κ2) is 4.77. The van der Waals surface area contributed by atoms with Crippen molar-refractivity contribution in [2.75, 3.05) is 0 Å². The number of carboxylic acids is 1. The lowest BCUT2D eigenvalue weighted by atomic mass is 10.2. The first kappa shape index (κ1) is 10.7. The molecule has 14 heavy (non-hydrogen) atoms. The van der Waals surface area contributed by atoms with Crippen molar-refractivity contribution < 1.29 is 14.3 Å². The third kappa shape index (κ3) is 3.18. The molecule has 4 heteroatoms. The number of rotatable bonds is 3. The van der Waals surface area contributed by atoms with Crippen molar-refractivity contribution in [3.05, 3.63) is 40.7 Å². The lowest BCUT2D eigenvalue weighted by molar-refractivity contribution is -0.135. The minimum Gasteiger partial charge on any atom is -0.481 e. The second-order valence-electron chi connectivity index (χ2n) is 2.67. The fourth-order valence-corrected chi connectivity index (χ4v) is 1.03. The molecule has 0 radical (unpaired) electrons. The van der Waals surface area contributed by atoms with Crippen molar-refractivity contribution in [3.8, 4) is 0 Å². The van der Waals surface area contributed by atoms with E-state index in [0.29, 0.717) is 5.56 Å². The maximum Gasteiger partial charge on any atom is 0.307 e. The molecular weight excluding hydrogens is 207 g/mol. The molecule has 1 aromatic rings. The standard InChI is InChI=1S/C10H8ClFO2/c11-8-5-4-7(6-9(8)12)2-1-3-10(13)14/h1-2,4-6H,3H2,(H,13,14). The van der Waals surface area contributed by atoms with Gasteiger partial charge in [-0.2, -0.15) is 0 Å². The van der Waals surface area contributed by atoms with Crippen LogP contribution in [0.5, 0.6) is 0 Å². The average molecular weight is 215 g/mol. The van der Waals surface area contributed by atoms with Crippen molar-refractivity contribution in [1.29, 1.82) is 0 Å². The number of halogens is 2. The van der Waals surface area contributed by atoms with Gasteiger partial charge in [0.05, 0.1) is 11.4 Å². The number of carboxylic acid groups (broad SMARTS) is 1. The Balaban J connectivity index is 2.73. The Morgan fingerprint density at radius 3 is 2.86 bits per heavy atom. The van der Waals surface area contributed by atoms with Crippen LogP contribution in [0.2, 0.25) is 5.02 Å². The highest BCUT2D eigenvalue weighted by Gasteiger charge is 1.98. The monoisotopic (exact) mass is 214 g/mol. The minimum atomic E-state index is -0.921. The highest BCUT2D eigenvalue weighted by atomic mass is 35.5. The van der Waals surface area contributed by atoms with Crippen LogP contribution in [0.4, 0.5) is 4.39 Å². The number of hydrogen-bond acceptors (Lipinski definition) is 1. The first-order valence-corrected chi connectivity index (χ1v) is 4.31. The van der Waals surface area contributed by atoms with E-state index in [4.69, 9.17) is 16.7 Å². The maximum atomic E-state index is 12.9. The topological polar surface area (TPSA) is 37.3 Å². The zero-order chi connectivity index (χ0) is 10.6. The summed E-state index contributed by atoms with van der Waals surface area (Å²) in [6.45, 7) is 0. The molecule has 0 atom stereocenters. The molecule has 0 aromatic heterocycles. The molecule has 0 spiro atoms. The third-order valence-corrected chi connectivity index (χ3v) is 1.85. The van der Waals surface area contributed by atoms with Gasteiger partial charge in [-0.1, -0.05) is 29.8 Å². The van der Waals surface area contributed by atoms with Gasteiger partial charge >= 0.3 is 5.97 Å². The van der Waals surface area contributed by atoms with Crippen molar-refractivity contribution in [3.63, 3.8) is 0 Å². The summed E-state index contributed by atoms with van der Waals surface area (Å²) in [7, 11) is 0. The van der Waals surface area contributed by atoms with Gasteiger partial charge in [0.15, 0.2) is 0 Å². The number of hydrogen-bond donors (Lipinski definition) is 1. The van der Waals surface area contributed by atoms with Crippen molar-refractivity contribution in [2.24, 2.45) is 0 Å². The van der Waals surface area contributed by atoms with Crippen LogP contribution in [0.1, 0.15) is 12.0 Å². The Morgan fingerprint density at radius 1 is 1.57 bits per heavy atom. The Labute approximate surface area is 85.6 Å². The summed E-state index contributed by atoms with van der Waals surface area (Å²) < 4.78 is 12.9. The molecule has 0 bridgehead atoms. The lowest BCUT2D eigenvalue weighted by Gasteiger charge is -1.95. The summed E-state index contributed by atoms with van der Waals surface area (Å²) in [5.41, 5.74) is 0.591. The van der Waals surface area contributed by atoms with Crippen LogP contribution in [0, 0.1) is 5.82 Å². The molecule has 0 saturated carbocycles. The highest BCUT2D eigenvalue weighted by molar-refractivity contribution is 6.30. The Morgan fingerprint density at radius 2 is 2.29 bits per heavy atom. The molecule has 0 aliphatic heterocycles. The van der Waals surface area contributed by atoms with Crippen molar-refractivity contribution >= 4 is 23.6 Å². The van der Waals surface area contributed by atoms with Gasteiger partial charge in [0.25, 0.3) is 0 Å². The Hall–Kier alpha value is -1.35. The molecule has 1 N–H and O–H groups in total. The molecule has 0 saturated heterocycles. The van der Waals surface area contributed by atoms with Crippen LogP contribution >= 0.6 is 11.6 Å². The summed E-state index contributed by atoms with van der Waals surface area (Å²) >= 11 is 5.47. The lowest BCUT2D eigenvalue weighted by Crippen LogP contribution is -1.89. The molecule has 0 aliphatic rings. The normalized spacial score (nSPS) is 10.7. The van der Waals surface area contributed by atoms with Gasteiger partial charge in [-0.05, 0) is 17.7 Å². The van der Waals surface area contributed by atoms with Crippen molar-refractivity contribution in [1.82, 2.24) is 0 Å². The summed E-state index contributed by atoms with van der Waals surface area (Å²) in [5.74, 6) is -1.43. The van der Waals surface area contributed by atoms with Crippen LogP contribution in [-0.4, -0.2) is 11.1 Å². The second-order valence-corrected chi connectivity index (χ2v) is 3.08. The fourth-order valence-electron chi connectivity index (χ4n) is 0.912. The summed E-state index contributed by atoms with van der Waals surface area (Å²) in [4.78, 5) is 10.2. The van der Waals surface area contributed by atoms with Crippen LogP contribution in [0.15, 0.2) is 24.3 Å². The number of benzene rings is 1. The van der Waals surface area contributed by atoms with Gasteiger partial charge in [0.2, 0.25) is 0 Å². The van der Waals surface area contributed by atoms with E-state index in [9.17, 15) is 9.18 Å². The Kier molecular flexibility index (Phi) is 3.65. The number of aliphatic carboxylic acids is 1. The summed E-state index contributed by atoms with van der Waals surface area (Å²) in [5, 5.41) is 8.40. The quantitative estimate of drug-likeness (QED) is 0.840. The average Bonchev–Trinajstić information content (AvgIpc) is 2.10. The number of carbonyl (C=O) groups is 1. The zero-order valence-electron chi connectivity index (χ0n) is 7.21. The van der Waals surface area contributed by atoms with Gasteiger partial charge in [0, 0.05) is 0 Å². The molecular formula is C10H8ClFO2. The first-order valence-electron chi connectivity index (χ1n) is 3.93. The van der Waals surface area contributed by atoms with E-state index in [-0.39, 0.29) is 11.4 Å². The summed E-state index contributed by atoms with van der Waals surface area (Å²) in [6.07, 6.45) is 2.91. The minimum absolute atomic E-state index is 0.0559. The van der Waals surface area contributed by atoms with Gasteiger partial charge < -0.3 is 5.11 Å². The van der Waals surface area contributed by atoms with Gasteiger partial charge in [0.1, 0.15) is 5.82 Å². The largest absolute Gasteiger partial charge is 0.481 e. The Bertz CT molecular complexity index is 374. The van der Waals surface area contributed by atoms with E-state index >= 15 is 0 Å². The van der Waals surface area contributed by atoms with Crippen LogP contribution < -0.4 is 0 Å². The van der Waals surface area contributed by atoms with E-state index < -0.39 is 11.8 Å². The van der Waals surface area contributed by atoms with Gasteiger partial charge in [-0.25, -0.2) is 4.39 Å². The predicted octanol–water partition coefficient (Wildman–Crippen LogP) is 2.97. The van der Waals surface area contributed by atoms with E-state index in [1.54, 1.807) is 6.07 Å². The van der Waals surface area contributed by atoms with Crippen molar-refractivity contribution in [2.45, 2.75) is 6.42 Å². The SMILES string of the molecule is O=C(O)CC=Cc1ccc(Cl)c(F)c1. The van der Waals surface area contributed by atoms with Crippen LogP contribution in [-0.2, 0) is 4.79 Å². The van der Waals surface area contributed by atoms with E-state index in [0.717, 1.165) is 0 Å². The molecule has 0 aliphatic carbocycles. The zero-order valence-corrected chi connectivity index (χ0v) is 7.96. The van der Waals surface area contributed by atoms with Crippen LogP contribution in [0.3, 0.4) is 0 Å². The molecule has 2 nitrogen and oxygen atoms in total. The molecule has 0 amide bonds. The van der Waals surface area contributed by atoms with Gasteiger partial charge in [-0.3, -0.25) is 4.79 Å². The molecule has 0 fully saturated rings. The molecule has 0 heterocycles. The molecule has 1 aromatic carbocycles. The molecule has 0 unspecified atom stereocenters. The van der Waals surface area contributed by atoms with Gasteiger partial charge in [-0.15, -0.1) is 0 Å². The fraction of sp³-hybridized carbons (Fsp3) is 0.100. The van der Waals surface area contributed by atoms with E-state index in [1.807, 2.05) is 0 Å². The molecule has 1 rings (SSSR count). The van der Waals surface area contributed by atoms with E-state index in [1.165, 1.54) is 24.3 Å². The molecule has 74 valence electrons. The van der Waals surface area contributed by atoms with E-state index in [2.05, 4.69) is 0 Å². The van der Waals surface area contributed by atoms with Crippen LogP contribution in [0.25, 0.3) is 6.08 Å². The predicted molar refractivity (Wildman–Crippen MR) is 52.7 cm³/mol. The maximum absolute atomic E-state index is 12.9. The third-order valence-electron chi connectivity index (χ3n) is 1.55. The summed E-state index contributed by atoms with van der Waals surface area (Å²) in [6, 6.07) is 4.29.